The Morgan fingerprint density at radius 3 is 2.73 bits per heavy atom. The standard InChI is InChI=1S/C14H16BrN3O3.H3N/c1-2-6-17-13(19)12-11(16)8-4-3-5-10(15)9(8)7-18(12)14(20)21;/h3-5H,2,6-7,16H2,1H3,(H,17,19)(H,20,21);1H3. The van der Waals surface area contributed by atoms with Gasteiger partial charge >= 0.3 is 6.09 Å². The van der Waals surface area contributed by atoms with Gasteiger partial charge in [0, 0.05) is 16.6 Å². The average Bonchev–Trinajstić information content (AvgIpc) is 2.45. The minimum Gasteiger partial charge on any atom is -0.465 e. The van der Waals surface area contributed by atoms with Crippen LogP contribution < -0.4 is 17.2 Å². The number of rotatable bonds is 3. The lowest BCUT2D eigenvalue weighted by molar-refractivity contribution is -0.118. The summed E-state index contributed by atoms with van der Waals surface area (Å²) in [6, 6.07) is 5.39. The van der Waals surface area contributed by atoms with Crippen LogP contribution in [0.4, 0.5) is 4.79 Å². The summed E-state index contributed by atoms with van der Waals surface area (Å²) in [5, 5.41) is 12.0. The molecule has 7 N–H and O–H groups in total. The molecule has 0 saturated carbocycles. The first-order chi connectivity index (χ1) is 9.97. The Morgan fingerprint density at radius 2 is 2.14 bits per heavy atom. The SMILES string of the molecule is CCCNC(=O)C1=C(N)c2cccc(Br)c2CN1C(=O)O.N. The van der Waals surface area contributed by atoms with Crippen LogP contribution in [0, 0.1) is 0 Å². The molecule has 0 aliphatic carbocycles. The molecule has 2 rings (SSSR count). The molecule has 0 atom stereocenters. The number of carboxylic acid groups (broad SMARTS) is 1. The Balaban J connectivity index is 0.00000242. The van der Waals surface area contributed by atoms with Crippen LogP contribution >= 0.6 is 15.9 Å². The topological polar surface area (TPSA) is 131 Å². The fraction of sp³-hybridized carbons (Fsp3) is 0.286. The zero-order chi connectivity index (χ0) is 15.6. The number of nitrogens with one attached hydrogen (secondary N) is 1. The van der Waals surface area contributed by atoms with Gasteiger partial charge < -0.3 is 22.3 Å². The molecule has 0 fully saturated rings. The predicted molar refractivity (Wildman–Crippen MR) is 87.1 cm³/mol. The zero-order valence-corrected chi connectivity index (χ0v) is 13.8. The van der Waals surface area contributed by atoms with Crippen molar-refractivity contribution in [1.82, 2.24) is 16.4 Å². The molecule has 0 spiro atoms. The summed E-state index contributed by atoms with van der Waals surface area (Å²) >= 11 is 3.39. The summed E-state index contributed by atoms with van der Waals surface area (Å²) < 4.78 is 0.766. The summed E-state index contributed by atoms with van der Waals surface area (Å²) in [6.45, 7) is 2.47. The first-order valence-electron chi connectivity index (χ1n) is 6.53. The Kier molecular flexibility index (Phi) is 5.95. The Labute approximate surface area is 136 Å². The highest BCUT2D eigenvalue weighted by molar-refractivity contribution is 9.10. The molecule has 1 aromatic carbocycles. The third kappa shape index (κ3) is 3.23. The Hall–Kier alpha value is -2.06. The second-order valence-corrected chi connectivity index (χ2v) is 5.51. The fourth-order valence-corrected chi connectivity index (χ4v) is 2.70. The van der Waals surface area contributed by atoms with Crippen molar-refractivity contribution in [3.63, 3.8) is 0 Å². The molecule has 0 aromatic heterocycles. The van der Waals surface area contributed by atoms with Crippen molar-refractivity contribution in [3.8, 4) is 0 Å². The van der Waals surface area contributed by atoms with E-state index in [2.05, 4.69) is 21.2 Å². The average molecular weight is 371 g/mol. The van der Waals surface area contributed by atoms with Gasteiger partial charge in [0.1, 0.15) is 5.70 Å². The number of hydrogen-bond acceptors (Lipinski definition) is 4. The molecule has 1 aromatic rings. The molecule has 0 saturated heterocycles. The van der Waals surface area contributed by atoms with Gasteiger partial charge in [0.05, 0.1) is 12.2 Å². The van der Waals surface area contributed by atoms with E-state index in [1.165, 1.54) is 0 Å². The van der Waals surface area contributed by atoms with E-state index in [0.717, 1.165) is 21.4 Å². The maximum Gasteiger partial charge on any atom is 0.412 e. The third-order valence-corrected chi connectivity index (χ3v) is 3.97. The van der Waals surface area contributed by atoms with Gasteiger partial charge in [0.2, 0.25) is 0 Å². The van der Waals surface area contributed by atoms with Gasteiger partial charge in [-0.1, -0.05) is 35.0 Å². The van der Waals surface area contributed by atoms with Crippen LogP contribution in [0.5, 0.6) is 0 Å². The van der Waals surface area contributed by atoms with Crippen LogP contribution in [0.2, 0.25) is 0 Å². The highest BCUT2D eigenvalue weighted by Gasteiger charge is 2.32. The predicted octanol–water partition coefficient (Wildman–Crippen LogP) is 2.26. The van der Waals surface area contributed by atoms with Crippen molar-refractivity contribution >= 4 is 33.6 Å². The largest absolute Gasteiger partial charge is 0.465 e. The Morgan fingerprint density at radius 1 is 1.45 bits per heavy atom. The van der Waals surface area contributed by atoms with Crippen molar-refractivity contribution in [2.45, 2.75) is 19.9 Å². The van der Waals surface area contributed by atoms with Gasteiger partial charge in [-0.25, -0.2) is 4.79 Å². The van der Waals surface area contributed by atoms with E-state index in [1.807, 2.05) is 13.0 Å². The summed E-state index contributed by atoms with van der Waals surface area (Å²) in [6.07, 6.45) is -0.449. The van der Waals surface area contributed by atoms with Crippen molar-refractivity contribution in [1.29, 1.82) is 0 Å². The lowest BCUT2D eigenvalue weighted by Gasteiger charge is -2.30. The van der Waals surface area contributed by atoms with Gasteiger partial charge in [0.25, 0.3) is 5.91 Å². The number of halogens is 1. The first-order valence-corrected chi connectivity index (χ1v) is 7.32. The molecule has 0 radical (unpaired) electrons. The molecular weight excluding hydrogens is 352 g/mol. The van der Waals surface area contributed by atoms with E-state index >= 15 is 0 Å². The molecule has 7 nitrogen and oxygen atoms in total. The lowest BCUT2D eigenvalue weighted by Crippen LogP contribution is -2.41. The van der Waals surface area contributed by atoms with Gasteiger partial charge in [-0.05, 0) is 18.1 Å². The molecule has 1 aliphatic heterocycles. The van der Waals surface area contributed by atoms with E-state index in [-0.39, 0.29) is 24.1 Å². The number of carbonyl (C=O) groups is 2. The fourth-order valence-electron chi connectivity index (χ4n) is 2.21. The molecule has 0 unspecified atom stereocenters. The highest BCUT2D eigenvalue weighted by atomic mass is 79.9. The molecule has 8 heteroatoms. The molecule has 120 valence electrons. The van der Waals surface area contributed by atoms with Crippen LogP contribution in [-0.4, -0.2) is 28.6 Å². The zero-order valence-electron chi connectivity index (χ0n) is 12.2. The van der Waals surface area contributed by atoms with Crippen LogP contribution in [0.3, 0.4) is 0 Å². The maximum absolute atomic E-state index is 12.2. The van der Waals surface area contributed by atoms with E-state index < -0.39 is 12.0 Å². The number of nitrogens with two attached hydrogens (primary N) is 1. The van der Waals surface area contributed by atoms with Crippen LogP contribution in [0.25, 0.3) is 5.70 Å². The summed E-state index contributed by atoms with van der Waals surface area (Å²) in [4.78, 5) is 24.6. The second-order valence-electron chi connectivity index (χ2n) is 4.65. The number of nitrogens with zero attached hydrogens (tertiary/aromatic N) is 1. The number of benzene rings is 1. The second kappa shape index (κ2) is 7.28. The number of hydrogen-bond donors (Lipinski definition) is 4. The van der Waals surface area contributed by atoms with Crippen molar-refractivity contribution < 1.29 is 14.7 Å². The highest BCUT2D eigenvalue weighted by Crippen LogP contribution is 2.33. The first kappa shape index (κ1) is 18.0. The Bertz CT molecular complexity index is 631. The lowest BCUT2D eigenvalue weighted by atomic mass is 9.98. The minimum absolute atomic E-state index is 0. The monoisotopic (exact) mass is 370 g/mol. The van der Waals surface area contributed by atoms with Gasteiger partial charge in [-0.15, -0.1) is 0 Å². The summed E-state index contributed by atoms with van der Waals surface area (Å²) in [7, 11) is 0. The molecule has 0 bridgehead atoms. The molecular formula is C14H19BrN4O3. The number of amides is 2. The van der Waals surface area contributed by atoms with Gasteiger partial charge in [-0.2, -0.15) is 0 Å². The van der Waals surface area contributed by atoms with Crippen LogP contribution in [0.15, 0.2) is 28.4 Å². The summed E-state index contributed by atoms with van der Waals surface area (Å²) in [5.74, 6) is -0.470. The van der Waals surface area contributed by atoms with Crippen molar-refractivity contribution in [3.05, 3.63) is 39.5 Å². The van der Waals surface area contributed by atoms with E-state index in [1.54, 1.807) is 12.1 Å². The normalized spacial score (nSPS) is 13.3. The van der Waals surface area contributed by atoms with Gasteiger partial charge in [-0.3, -0.25) is 9.69 Å². The van der Waals surface area contributed by atoms with Crippen LogP contribution in [-0.2, 0) is 11.3 Å². The van der Waals surface area contributed by atoms with E-state index in [0.29, 0.717) is 12.1 Å². The number of fused-ring (bicyclic) bond motifs is 1. The van der Waals surface area contributed by atoms with Crippen molar-refractivity contribution in [2.75, 3.05) is 6.54 Å². The number of carbonyl (C=O) groups excluding carboxylic acids is 1. The minimum atomic E-state index is -1.21. The maximum atomic E-state index is 12.2. The third-order valence-electron chi connectivity index (χ3n) is 3.23. The molecule has 1 heterocycles. The van der Waals surface area contributed by atoms with Crippen LogP contribution in [0.1, 0.15) is 24.5 Å². The van der Waals surface area contributed by atoms with Gasteiger partial charge in [0.15, 0.2) is 0 Å². The van der Waals surface area contributed by atoms with E-state index in [9.17, 15) is 14.7 Å². The molecule has 1 aliphatic rings. The quantitative estimate of drug-likeness (QED) is 0.647. The summed E-state index contributed by atoms with van der Waals surface area (Å²) in [5.41, 5.74) is 7.65. The molecule has 22 heavy (non-hydrogen) atoms. The van der Waals surface area contributed by atoms with Crippen molar-refractivity contribution in [2.24, 2.45) is 5.73 Å². The smallest absolute Gasteiger partial charge is 0.412 e. The molecule has 2 amide bonds. The van der Waals surface area contributed by atoms with E-state index in [4.69, 9.17) is 5.73 Å².